The maximum atomic E-state index is 12.2. The van der Waals surface area contributed by atoms with Gasteiger partial charge in [-0.25, -0.2) is 0 Å². The van der Waals surface area contributed by atoms with Gasteiger partial charge in [-0.1, -0.05) is 200 Å². The van der Waals surface area contributed by atoms with E-state index in [-0.39, 0.29) is 18.3 Å². The lowest BCUT2D eigenvalue weighted by Gasteiger charge is -2.24. The van der Waals surface area contributed by atoms with Crippen LogP contribution in [-0.4, -0.2) is 33.7 Å². The lowest BCUT2D eigenvalue weighted by atomic mass is 9.84. The smallest absolute Gasteiger partial charge is 0.307 e. The molecule has 268 valence electrons. The van der Waals surface area contributed by atoms with Crippen LogP contribution >= 0.6 is 11.8 Å². The van der Waals surface area contributed by atoms with Gasteiger partial charge in [0.15, 0.2) is 0 Å². The third kappa shape index (κ3) is 33.0. The number of carbonyl (C=O) groups is 2. The first kappa shape index (κ1) is 44.3. The number of aliphatic carboxylic acids is 2. The standard InChI is InChI=1S/C40H78O4S/c1-3-5-7-9-11-13-15-17-19-21-23-25-27-29-31-33-37(38(40(43)44)36-45-35-34-39(41)42)32-30-28-26-24-22-20-18-16-14-12-10-8-6-4-2/h37-38H,3-36H2,1-2H3,(H,41,42)(H,43,44). The van der Waals surface area contributed by atoms with Crippen molar-refractivity contribution in [1.82, 2.24) is 0 Å². The normalized spacial score (nSPS) is 12.8. The maximum absolute atomic E-state index is 12.2. The summed E-state index contributed by atoms with van der Waals surface area (Å²) >= 11 is 1.51. The molecule has 45 heavy (non-hydrogen) atoms. The average molecular weight is 655 g/mol. The summed E-state index contributed by atoms with van der Waals surface area (Å²) in [5.41, 5.74) is 0. The predicted molar refractivity (Wildman–Crippen MR) is 199 cm³/mol. The van der Waals surface area contributed by atoms with Crippen LogP contribution in [0.2, 0.25) is 0 Å². The van der Waals surface area contributed by atoms with E-state index < -0.39 is 11.9 Å². The molecule has 0 heterocycles. The summed E-state index contributed by atoms with van der Waals surface area (Å²) in [6.45, 7) is 4.56. The topological polar surface area (TPSA) is 74.6 Å². The van der Waals surface area contributed by atoms with Gasteiger partial charge in [0.25, 0.3) is 0 Å². The Morgan fingerprint density at radius 2 is 0.756 bits per heavy atom. The molecule has 2 N–H and O–H groups in total. The molecular weight excluding hydrogens is 577 g/mol. The zero-order valence-corrected chi connectivity index (χ0v) is 31.1. The molecule has 0 aromatic heterocycles. The van der Waals surface area contributed by atoms with E-state index in [4.69, 9.17) is 5.11 Å². The van der Waals surface area contributed by atoms with E-state index in [1.54, 1.807) is 0 Å². The molecule has 0 aromatic carbocycles. The number of carboxylic acids is 2. The molecule has 4 nitrogen and oxygen atoms in total. The molecular formula is C40H78O4S. The number of hydrogen-bond acceptors (Lipinski definition) is 3. The summed E-state index contributed by atoms with van der Waals surface area (Å²) in [5.74, 6) is -0.564. The van der Waals surface area contributed by atoms with E-state index in [9.17, 15) is 14.7 Å². The fourth-order valence-electron chi connectivity index (χ4n) is 6.70. The van der Waals surface area contributed by atoms with E-state index in [1.165, 1.54) is 185 Å². The first-order chi connectivity index (χ1) is 22.0. The van der Waals surface area contributed by atoms with E-state index in [1.807, 2.05) is 0 Å². The van der Waals surface area contributed by atoms with Crippen molar-refractivity contribution < 1.29 is 19.8 Å². The Labute approximate surface area is 285 Å². The molecule has 0 bridgehead atoms. The number of rotatable bonds is 38. The molecule has 5 heteroatoms. The van der Waals surface area contributed by atoms with Crippen molar-refractivity contribution in [2.24, 2.45) is 11.8 Å². The highest BCUT2D eigenvalue weighted by Gasteiger charge is 2.27. The maximum Gasteiger partial charge on any atom is 0.307 e. The van der Waals surface area contributed by atoms with Crippen LogP contribution in [0.5, 0.6) is 0 Å². The van der Waals surface area contributed by atoms with Gasteiger partial charge in [0.1, 0.15) is 0 Å². The Morgan fingerprint density at radius 1 is 0.467 bits per heavy atom. The van der Waals surface area contributed by atoms with Crippen molar-refractivity contribution in [3.8, 4) is 0 Å². The van der Waals surface area contributed by atoms with Gasteiger partial charge in [0, 0.05) is 11.5 Å². The van der Waals surface area contributed by atoms with Gasteiger partial charge in [0.2, 0.25) is 0 Å². The summed E-state index contributed by atoms with van der Waals surface area (Å²) in [5, 5.41) is 19.0. The van der Waals surface area contributed by atoms with Crippen molar-refractivity contribution in [2.75, 3.05) is 11.5 Å². The van der Waals surface area contributed by atoms with Crippen LogP contribution in [0.4, 0.5) is 0 Å². The van der Waals surface area contributed by atoms with Crippen LogP contribution in [0, 0.1) is 11.8 Å². The second-order valence-electron chi connectivity index (χ2n) is 14.0. The van der Waals surface area contributed by atoms with Gasteiger partial charge >= 0.3 is 11.9 Å². The Morgan fingerprint density at radius 3 is 1.02 bits per heavy atom. The van der Waals surface area contributed by atoms with Crippen LogP contribution in [0.3, 0.4) is 0 Å². The number of thioether (sulfide) groups is 1. The fourth-order valence-corrected chi connectivity index (χ4v) is 7.86. The Kier molecular flexibility index (Phi) is 35.6. The molecule has 0 aliphatic heterocycles. The average Bonchev–Trinajstić information content (AvgIpc) is 3.02. The van der Waals surface area contributed by atoms with Crippen molar-refractivity contribution in [3.05, 3.63) is 0 Å². The number of hydrogen-bond donors (Lipinski definition) is 2. The highest BCUT2D eigenvalue weighted by atomic mass is 32.2. The van der Waals surface area contributed by atoms with Crippen LogP contribution in [0.1, 0.15) is 219 Å². The van der Waals surface area contributed by atoms with E-state index >= 15 is 0 Å². The molecule has 0 aliphatic carbocycles. The quantitative estimate of drug-likeness (QED) is 0.0648. The zero-order valence-electron chi connectivity index (χ0n) is 30.3. The second-order valence-corrected chi connectivity index (χ2v) is 15.2. The summed E-state index contributed by atoms with van der Waals surface area (Å²) < 4.78 is 0. The minimum atomic E-state index is -0.800. The van der Waals surface area contributed by atoms with E-state index in [2.05, 4.69) is 13.8 Å². The summed E-state index contributed by atoms with van der Waals surface area (Å²) in [6, 6.07) is 0. The molecule has 0 rings (SSSR count). The Hall–Kier alpha value is -0.710. The van der Waals surface area contributed by atoms with Gasteiger partial charge in [-0.2, -0.15) is 11.8 Å². The minimum absolute atomic E-state index is 0.111. The summed E-state index contributed by atoms with van der Waals surface area (Å²) in [6.07, 6.45) is 41.1. The summed E-state index contributed by atoms with van der Waals surface area (Å²) in [7, 11) is 0. The number of unbranched alkanes of at least 4 members (excludes halogenated alkanes) is 27. The van der Waals surface area contributed by atoms with E-state index in [0.717, 1.165) is 25.7 Å². The van der Waals surface area contributed by atoms with Crippen LogP contribution < -0.4 is 0 Å². The van der Waals surface area contributed by atoms with Crippen molar-refractivity contribution in [1.29, 1.82) is 0 Å². The molecule has 0 saturated heterocycles. The molecule has 0 aromatic rings. The van der Waals surface area contributed by atoms with Crippen LogP contribution in [-0.2, 0) is 9.59 Å². The third-order valence-corrected chi connectivity index (χ3v) is 10.8. The molecule has 0 fully saturated rings. The van der Waals surface area contributed by atoms with E-state index in [0.29, 0.717) is 11.5 Å². The second kappa shape index (κ2) is 36.1. The minimum Gasteiger partial charge on any atom is -0.481 e. The molecule has 0 radical (unpaired) electrons. The molecule has 2 atom stereocenters. The number of carboxylic acid groups (broad SMARTS) is 2. The highest BCUT2D eigenvalue weighted by Crippen LogP contribution is 2.29. The van der Waals surface area contributed by atoms with Crippen LogP contribution in [0.15, 0.2) is 0 Å². The van der Waals surface area contributed by atoms with Gasteiger partial charge in [-0.3, -0.25) is 9.59 Å². The van der Waals surface area contributed by atoms with Crippen LogP contribution in [0.25, 0.3) is 0 Å². The van der Waals surface area contributed by atoms with Gasteiger partial charge in [-0.15, -0.1) is 0 Å². The molecule has 0 spiro atoms. The lowest BCUT2D eigenvalue weighted by molar-refractivity contribution is -0.143. The molecule has 0 saturated carbocycles. The van der Waals surface area contributed by atoms with Crippen molar-refractivity contribution in [2.45, 2.75) is 219 Å². The van der Waals surface area contributed by atoms with Crippen molar-refractivity contribution >= 4 is 23.7 Å². The largest absolute Gasteiger partial charge is 0.481 e. The molecule has 2 unspecified atom stereocenters. The summed E-state index contributed by atoms with van der Waals surface area (Å²) in [4.78, 5) is 23.2. The molecule has 0 amide bonds. The monoisotopic (exact) mass is 655 g/mol. The highest BCUT2D eigenvalue weighted by molar-refractivity contribution is 7.99. The van der Waals surface area contributed by atoms with Crippen molar-refractivity contribution in [3.63, 3.8) is 0 Å². The Bertz CT molecular complexity index is 625. The first-order valence-corrected chi connectivity index (χ1v) is 21.2. The first-order valence-electron chi connectivity index (χ1n) is 20.0. The fraction of sp³-hybridized carbons (Fsp3) is 0.950. The van der Waals surface area contributed by atoms with Gasteiger partial charge in [0.05, 0.1) is 12.3 Å². The zero-order chi connectivity index (χ0) is 33.1. The van der Waals surface area contributed by atoms with Gasteiger partial charge < -0.3 is 10.2 Å². The predicted octanol–water partition coefficient (Wildman–Crippen LogP) is 13.6. The third-order valence-electron chi connectivity index (χ3n) is 9.75. The lowest BCUT2D eigenvalue weighted by Crippen LogP contribution is -2.26. The SMILES string of the molecule is CCCCCCCCCCCCCCCCCC(CCCCCCCCCCCCCCCC)C(CSCCC(=O)O)C(=O)O. The molecule has 0 aliphatic rings. The Balaban J connectivity index is 4.16. The van der Waals surface area contributed by atoms with Gasteiger partial charge in [-0.05, 0) is 18.8 Å².